The van der Waals surface area contributed by atoms with E-state index in [0.717, 1.165) is 0 Å². The Bertz CT molecular complexity index is 583. The zero-order valence-corrected chi connectivity index (χ0v) is 11.4. The first-order valence-electron chi connectivity index (χ1n) is 5.75. The summed E-state index contributed by atoms with van der Waals surface area (Å²) < 4.78 is 22.1. The third-order valence-corrected chi connectivity index (χ3v) is 3.40. The van der Waals surface area contributed by atoms with Gasteiger partial charge in [0.15, 0.2) is 0 Å². The number of benzene rings is 1. The van der Waals surface area contributed by atoms with E-state index in [0.29, 0.717) is 18.5 Å². The molecule has 0 unspecified atom stereocenters. The average Bonchev–Trinajstić information content (AvgIpc) is 2.42. The van der Waals surface area contributed by atoms with Gasteiger partial charge in [0.1, 0.15) is 0 Å². The van der Waals surface area contributed by atoms with Crippen LogP contribution in [0.4, 0.5) is 0 Å². The Morgan fingerprint density at radius 2 is 1.75 bits per heavy atom. The summed E-state index contributed by atoms with van der Waals surface area (Å²) in [4.78, 5) is 22.5. The smallest absolute Gasteiger partial charge is 0.251 e. The van der Waals surface area contributed by atoms with Gasteiger partial charge in [-0.3, -0.25) is 15.0 Å². The van der Waals surface area contributed by atoms with Gasteiger partial charge in [0.2, 0.25) is 15.9 Å². The molecule has 9 heteroatoms. The van der Waals surface area contributed by atoms with Crippen LogP contribution in [0, 0.1) is 0 Å². The summed E-state index contributed by atoms with van der Waals surface area (Å²) >= 11 is 0. The number of rotatable bonds is 6. The van der Waals surface area contributed by atoms with E-state index in [2.05, 4.69) is 5.32 Å². The topological polar surface area (TPSA) is 144 Å². The highest BCUT2D eigenvalue weighted by atomic mass is 32.2. The van der Waals surface area contributed by atoms with Crippen molar-refractivity contribution >= 4 is 21.8 Å². The van der Waals surface area contributed by atoms with E-state index in [1.807, 2.05) is 5.43 Å². The van der Waals surface area contributed by atoms with Gasteiger partial charge in [-0.1, -0.05) is 0 Å². The quantitative estimate of drug-likeness (QED) is 0.226. The predicted octanol–water partition coefficient (Wildman–Crippen LogP) is -1.17. The molecule has 6 N–H and O–H groups in total. The second-order valence-electron chi connectivity index (χ2n) is 4.00. The number of hydrazine groups is 1. The zero-order chi connectivity index (χ0) is 15.2. The largest absolute Gasteiger partial charge is 0.352 e. The van der Waals surface area contributed by atoms with Gasteiger partial charge in [-0.25, -0.2) is 19.4 Å². The van der Waals surface area contributed by atoms with Gasteiger partial charge in [0, 0.05) is 18.5 Å². The maximum atomic E-state index is 11.7. The SMILES string of the molecule is NNC(=O)CCCNC(=O)c1ccc(S(N)(=O)=O)cc1. The Balaban J connectivity index is 2.50. The molecule has 0 spiro atoms. The molecule has 1 aromatic carbocycles. The Morgan fingerprint density at radius 3 is 2.25 bits per heavy atom. The van der Waals surface area contributed by atoms with Crippen molar-refractivity contribution in [3.05, 3.63) is 29.8 Å². The van der Waals surface area contributed by atoms with Crippen molar-refractivity contribution in [3.63, 3.8) is 0 Å². The number of carbonyl (C=O) groups excluding carboxylic acids is 2. The number of nitrogens with two attached hydrogens (primary N) is 2. The maximum absolute atomic E-state index is 11.7. The standard InChI is InChI=1S/C11H16N4O4S/c12-15-10(16)2-1-7-14-11(17)8-3-5-9(6-4-8)20(13,18)19/h3-6H,1-2,7,12H2,(H,14,17)(H,15,16)(H2,13,18,19). The lowest BCUT2D eigenvalue weighted by Crippen LogP contribution is -2.31. The molecule has 0 saturated heterocycles. The van der Waals surface area contributed by atoms with Crippen molar-refractivity contribution in [2.45, 2.75) is 17.7 Å². The van der Waals surface area contributed by atoms with Gasteiger partial charge in [0.25, 0.3) is 5.91 Å². The molecule has 0 aromatic heterocycles. The van der Waals surface area contributed by atoms with Crippen LogP contribution in [-0.4, -0.2) is 26.8 Å². The molecule has 110 valence electrons. The van der Waals surface area contributed by atoms with Crippen LogP contribution in [0.2, 0.25) is 0 Å². The molecule has 20 heavy (non-hydrogen) atoms. The number of carbonyl (C=O) groups is 2. The fraction of sp³-hybridized carbons (Fsp3) is 0.273. The molecule has 1 aromatic rings. The number of hydrogen-bond acceptors (Lipinski definition) is 5. The van der Waals surface area contributed by atoms with Crippen molar-refractivity contribution in [1.29, 1.82) is 0 Å². The van der Waals surface area contributed by atoms with Gasteiger partial charge in [0.05, 0.1) is 4.90 Å². The van der Waals surface area contributed by atoms with Crippen LogP contribution in [-0.2, 0) is 14.8 Å². The molecule has 8 nitrogen and oxygen atoms in total. The van der Waals surface area contributed by atoms with Crippen molar-refractivity contribution in [2.75, 3.05) is 6.54 Å². The first-order chi connectivity index (χ1) is 9.34. The second-order valence-corrected chi connectivity index (χ2v) is 5.56. The highest BCUT2D eigenvalue weighted by Crippen LogP contribution is 2.08. The summed E-state index contributed by atoms with van der Waals surface area (Å²) in [6, 6.07) is 5.24. The molecule has 0 radical (unpaired) electrons. The fourth-order valence-electron chi connectivity index (χ4n) is 1.42. The second kappa shape index (κ2) is 6.98. The fourth-order valence-corrected chi connectivity index (χ4v) is 1.94. The summed E-state index contributed by atoms with van der Waals surface area (Å²) in [5, 5.41) is 7.54. The van der Waals surface area contributed by atoms with Gasteiger partial charge < -0.3 is 5.32 Å². The third-order valence-electron chi connectivity index (χ3n) is 2.47. The molecule has 1 rings (SSSR count). The molecular formula is C11H16N4O4S. The minimum absolute atomic E-state index is 0.0614. The van der Waals surface area contributed by atoms with Crippen LogP contribution in [0.3, 0.4) is 0 Å². The lowest BCUT2D eigenvalue weighted by atomic mass is 10.2. The Hall–Kier alpha value is -1.97. The number of hydrogen-bond donors (Lipinski definition) is 4. The van der Waals surface area contributed by atoms with E-state index in [9.17, 15) is 18.0 Å². The highest BCUT2D eigenvalue weighted by Gasteiger charge is 2.10. The van der Waals surface area contributed by atoms with Crippen molar-refractivity contribution in [3.8, 4) is 0 Å². The first-order valence-corrected chi connectivity index (χ1v) is 7.29. The average molecular weight is 300 g/mol. The zero-order valence-electron chi connectivity index (χ0n) is 10.6. The minimum Gasteiger partial charge on any atom is -0.352 e. The van der Waals surface area contributed by atoms with Crippen LogP contribution in [0.1, 0.15) is 23.2 Å². The Morgan fingerprint density at radius 1 is 1.15 bits per heavy atom. The third kappa shape index (κ3) is 4.96. The molecule has 0 aliphatic rings. The molecule has 0 fully saturated rings. The summed E-state index contributed by atoms with van der Waals surface area (Å²) in [6.45, 7) is 0.309. The normalized spacial score (nSPS) is 10.9. The van der Waals surface area contributed by atoms with Gasteiger partial charge >= 0.3 is 0 Å². The molecule has 0 aliphatic carbocycles. The Labute approximate surface area is 116 Å². The van der Waals surface area contributed by atoms with E-state index < -0.39 is 10.0 Å². The van der Waals surface area contributed by atoms with Gasteiger partial charge in [-0.15, -0.1) is 0 Å². The molecular weight excluding hydrogens is 284 g/mol. The summed E-state index contributed by atoms with van der Waals surface area (Å²) in [6.07, 6.45) is 0.658. The molecule has 2 amide bonds. The van der Waals surface area contributed by atoms with Gasteiger partial charge in [-0.05, 0) is 30.7 Å². The van der Waals surface area contributed by atoms with E-state index in [-0.39, 0.29) is 23.1 Å². The molecule has 0 heterocycles. The first kappa shape index (κ1) is 16.1. The lowest BCUT2D eigenvalue weighted by Gasteiger charge is -2.05. The van der Waals surface area contributed by atoms with Crippen LogP contribution < -0.4 is 21.7 Å². The molecule has 0 aliphatic heterocycles. The van der Waals surface area contributed by atoms with Crippen LogP contribution in [0.15, 0.2) is 29.2 Å². The number of amides is 2. The van der Waals surface area contributed by atoms with E-state index in [4.69, 9.17) is 11.0 Å². The van der Waals surface area contributed by atoms with Crippen LogP contribution in [0.5, 0.6) is 0 Å². The summed E-state index contributed by atoms with van der Waals surface area (Å²) in [7, 11) is -3.77. The number of nitrogens with one attached hydrogen (secondary N) is 2. The van der Waals surface area contributed by atoms with Crippen molar-refractivity contribution in [2.24, 2.45) is 11.0 Å². The van der Waals surface area contributed by atoms with Crippen molar-refractivity contribution in [1.82, 2.24) is 10.7 Å². The van der Waals surface area contributed by atoms with Crippen molar-refractivity contribution < 1.29 is 18.0 Å². The monoisotopic (exact) mass is 300 g/mol. The number of sulfonamides is 1. The summed E-state index contributed by atoms with van der Waals surface area (Å²) in [5.74, 6) is 4.24. The Kier molecular flexibility index (Phi) is 5.62. The molecule has 0 bridgehead atoms. The number of primary sulfonamides is 1. The molecule has 0 atom stereocenters. The predicted molar refractivity (Wildman–Crippen MR) is 71.7 cm³/mol. The maximum Gasteiger partial charge on any atom is 0.251 e. The van der Waals surface area contributed by atoms with E-state index in [1.54, 1.807) is 0 Å². The molecule has 0 saturated carbocycles. The minimum atomic E-state index is -3.77. The van der Waals surface area contributed by atoms with E-state index >= 15 is 0 Å². The van der Waals surface area contributed by atoms with Crippen LogP contribution in [0.25, 0.3) is 0 Å². The van der Waals surface area contributed by atoms with Gasteiger partial charge in [-0.2, -0.15) is 0 Å². The highest BCUT2D eigenvalue weighted by molar-refractivity contribution is 7.89. The lowest BCUT2D eigenvalue weighted by molar-refractivity contribution is -0.121. The van der Waals surface area contributed by atoms with E-state index in [1.165, 1.54) is 24.3 Å². The van der Waals surface area contributed by atoms with Crippen LogP contribution >= 0.6 is 0 Å². The summed E-state index contributed by atoms with van der Waals surface area (Å²) in [5.41, 5.74) is 2.29.